The highest BCUT2D eigenvalue weighted by Gasteiger charge is 2.34. The molecular formula is C20H28N6O2. The Labute approximate surface area is 165 Å². The van der Waals surface area contributed by atoms with E-state index >= 15 is 0 Å². The van der Waals surface area contributed by atoms with Crippen molar-refractivity contribution < 1.29 is 9.59 Å². The van der Waals surface area contributed by atoms with Crippen LogP contribution in [0.15, 0.2) is 24.5 Å². The van der Waals surface area contributed by atoms with Crippen molar-refractivity contribution in [1.82, 2.24) is 24.4 Å². The summed E-state index contributed by atoms with van der Waals surface area (Å²) >= 11 is 0. The lowest BCUT2D eigenvalue weighted by molar-refractivity contribution is -0.143. The molecule has 0 spiro atoms. The van der Waals surface area contributed by atoms with E-state index in [-0.39, 0.29) is 17.7 Å². The Balaban J connectivity index is 1.35. The number of aromatic nitrogens is 3. The molecule has 0 bridgehead atoms. The van der Waals surface area contributed by atoms with Gasteiger partial charge in [-0.05, 0) is 24.5 Å². The molecule has 2 aromatic heterocycles. The predicted molar refractivity (Wildman–Crippen MR) is 106 cm³/mol. The molecule has 4 heterocycles. The Hall–Kier alpha value is -2.64. The molecule has 0 radical (unpaired) electrons. The van der Waals surface area contributed by atoms with E-state index in [1.54, 1.807) is 10.7 Å². The molecule has 150 valence electrons. The number of carbonyl (C=O) groups excluding carboxylic acids is 2. The van der Waals surface area contributed by atoms with E-state index in [4.69, 9.17) is 0 Å². The van der Waals surface area contributed by atoms with Gasteiger partial charge in [0, 0.05) is 58.1 Å². The van der Waals surface area contributed by atoms with Gasteiger partial charge in [0.2, 0.25) is 11.8 Å². The topological polar surface area (TPSA) is 74.1 Å². The fourth-order valence-corrected chi connectivity index (χ4v) is 4.12. The maximum atomic E-state index is 13.0. The number of piperazine rings is 1. The number of rotatable bonds is 4. The van der Waals surface area contributed by atoms with Crippen molar-refractivity contribution in [2.45, 2.75) is 26.7 Å². The Morgan fingerprint density at radius 2 is 2.00 bits per heavy atom. The molecule has 0 aliphatic carbocycles. The van der Waals surface area contributed by atoms with Crippen LogP contribution in [0, 0.1) is 11.8 Å². The summed E-state index contributed by atoms with van der Waals surface area (Å²) in [5.41, 5.74) is 0.829. The third kappa shape index (κ3) is 3.81. The van der Waals surface area contributed by atoms with Gasteiger partial charge >= 0.3 is 0 Å². The number of likely N-dealkylation sites (tertiary alicyclic amines) is 1. The molecule has 2 fully saturated rings. The highest BCUT2D eigenvalue weighted by molar-refractivity contribution is 5.84. The predicted octanol–water partition coefficient (Wildman–Crippen LogP) is 1.27. The Kier molecular flexibility index (Phi) is 5.19. The molecule has 2 aliphatic heterocycles. The number of hydrogen-bond donors (Lipinski definition) is 0. The lowest BCUT2D eigenvalue weighted by Gasteiger charge is -2.39. The van der Waals surface area contributed by atoms with E-state index in [9.17, 15) is 9.59 Å². The number of piperidine rings is 1. The zero-order valence-electron chi connectivity index (χ0n) is 16.6. The zero-order chi connectivity index (χ0) is 19.7. The number of imidazole rings is 1. The SMILES string of the molecule is CC(C)CN1C[C@@H](C(=O)N2CCN(c3ccc4nccn4n3)CC2)CCC1=O. The van der Waals surface area contributed by atoms with Gasteiger partial charge in [0.15, 0.2) is 5.65 Å². The van der Waals surface area contributed by atoms with Gasteiger partial charge in [-0.2, -0.15) is 0 Å². The quantitative estimate of drug-likeness (QED) is 0.794. The first-order valence-corrected chi connectivity index (χ1v) is 10.1. The molecule has 2 amide bonds. The Bertz CT molecular complexity index is 855. The molecule has 8 nitrogen and oxygen atoms in total. The number of carbonyl (C=O) groups is 2. The van der Waals surface area contributed by atoms with Crippen molar-refractivity contribution in [3.8, 4) is 0 Å². The highest BCUT2D eigenvalue weighted by atomic mass is 16.2. The summed E-state index contributed by atoms with van der Waals surface area (Å²) in [5.74, 6) is 1.64. The first-order chi connectivity index (χ1) is 13.5. The second kappa shape index (κ2) is 7.77. The number of nitrogens with zero attached hydrogens (tertiary/aromatic N) is 6. The molecule has 4 rings (SSSR count). The summed E-state index contributed by atoms with van der Waals surface area (Å²) in [5, 5.41) is 4.60. The summed E-state index contributed by atoms with van der Waals surface area (Å²) in [4.78, 5) is 35.4. The van der Waals surface area contributed by atoms with Crippen molar-refractivity contribution in [2.24, 2.45) is 11.8 Å². The molecule has 8 heteroatoms. The van der Waals surface area contributed by atoms with Gasteiger partial charge in [-0.25, -0.2) is 9.50 Å². The molecule has 0 N–H and O–H groups in total. The van der Waals surface area contributed by atoms with Crippen LogP contribution < -0.4 is 4.90 Å². The molecule has 0 unspecified atom stereocenters. The van der Waals surface area contributed by atoms with Crippen molar-refractivity contribution >= 4 is 23.3 Å². The van der Waals surface area contributed by atoms with Crippen molar-refractivity contribution in [1.29, 1.82) is 0 Å². The van der Waals surface area contributed by atoms with Crippen LogP contribution in [-0.4, -0.2) is 75.5 Å². The largest absolute Gasteiger partial charge is 0.352 e. The number of amides is 2. The van der Waals surface area contributed by atoms with Crippen LogP contribution in [0.25, 0.3) is 5.65 Å². The number of anilines is 1. The van der Waals surface area contributed by atoms with Gasteiger partial charge in [0.25, 0.3) is 0 Å². The molecule has 0 aromatic carbocycles. The summed E-state index contributed by atoms with van der Waals surface area (Å²) < 4.78 is 1.77. The smallest absolute Gasteiger partial charge is 0.227 e. The molecule has 2 aliphatic rings. The molecule has 0 saturated carbocycles. The minimum absolute atomic E-state index is 0.0663. The molecule has 28 heavy (non-hydrogen) atoms. The van der Waals surface area contributed by atoms with Crippen molar-refractivity contribution in [3.05, 3.63) is 24.5 Å². The normalized spacial score (nSPS) is 21.0. The summed E-state index contributed by atoms with van der Waals surface area (Å²) in [6.07, 6.45) is 4.73. The van der Waals surface area contributed by atoms with E-state index in [1.165, 1.54) is 0 Å². The second-order valence-corrected chi connectivity index (χ2v) is 8.16. The summed E-state index contributed by atoms with van der Waals surface area (Å²) in [6.45, 7) is 8.42. The minimum Gasteiger partial charge on any atom is -0.352 e. The fraction of sp³-hybridized carbons (Fsp3) is 0.600. The third-order valence-electron chi connectivity index (χ3n) is 5.59. The average molecular weight is 384 g/mol. The maximum Gasteiger partial charge on any atom is 0.227 e. The van der Waals surface area contributed by atoms with Crippen LogP contribution in [-0.2, 0) is 9.59 Å². The minimum atomic E-state index is -0.0663. The van der Waals surface area contributed by atoms with E-state index in [0.717, 1.165) is 31.1 Å². The Morgan fingerprint density at radius 3 is 2.75 bits per heavy atom. The van der Waals surface area contributed by atoms with Crippen LogP contribution >= 0.6 is 0 Å². The standard InChI is InChI=1S/C20H28N6O2/c1-15(2)13-25-14-16(3-6-19(25)27)20(28)24-11-9-23(10-12-24)18-5-4-17-21-7-8-26(17)22-18/h4-5,7-8,15-16H,3,6,9-14H2,1-2H3/t16-/m0/s1. The molecular weight excluding hydrogens is 356 g/mol. The van der Waals surface area contributed by atoms with Crippen LogP contribution in [0.4, 0.5) is 5.82 Å². The zero-order valence-corrected chi connectivity index (χ0v) is 16.6. The van der Waals surface area contributed by atoms with Crippen LogP contribution in [0.2, 0.25) is 0 Å². The van der Waals surface area contributed by atoms with E-state index in [1.807, 2.05) is 28.1 Å². The van der Waals surface area contributed by atoms with Gasteiger partial charge in [0.05, 0.1) is 5.92 Å². The van der Waals surface area contributed by atoms with Crippen LogP contribution in [0.5, 0.6) is 0 Å². The van der Waals surface area contributed by atoms with Crippen LogP contribution in [0.3, 0.4) is 0 Å². The average Bonchev–Trinajstić information content (AvgIpc) is 3.17. The number of hydrogen-bond acceptors (Lipinski definition) is 5. The lowest BCUT2D eigenvalue weighted by Crippen LogP contribution is -2.53. The van der Waals surface area contributed by atoms with E-state index < -0.39 is 0 Å². The molecule has 2 aromatic rings. The lowest BCUT2D eigenvalue weighted by atomic mass is 9.95. The fourth-order valence-electron chi connectivity index (χ4n) is 4.12. The van der Waals surface area contributed by atoms with Crippen molar-refractivity contribution in [3.63, 3.8) is 0 Å². The van der Waals surface area contributed by atoms with Crippen molar-refractivity contribution in [2.75, 3.05) is 44.2 Å². The highest BCUT2D eigenvalue weighted by Crippen LogP contribution is 2.22. The van der Waals surface area contributed by atoms with E-state index in [0.29, 0.717) is 38.4 Å². The van der Waals surface area contributed by atoms with Gasteiger partial charge in [-0.3, -0.25) is 9.59 Å². The first kappa shape index (κ1) is 18.7. The van der Waals surface area contributed by atoms with E-state index in [2.05, 4.69) is 28.8 Å². The second-order valence-electron chi connectivity index (χ2n) is 8.16. The Morgan fingerprint density at radius 1 is 1.21 bits per heavy atom. The number of fused-ring (bicyclic) bond motifs is 1. The maximum absolute atomic E-state index is 13.0. The summed E-state index contributed by atoms with van der Waals surface area (Å²) in [7, 11) is 0. The van der Waals surface area contributed by atoms with Gasteiger partial charge in [0.1, 0.15) is 5.82 Å². The first-order valence-electron chi connectivity index (χ1n) is 10.1. The molecule has 1 atom stereocenters. The van der Waals surface area contributed by atoms with Gasteiger partial charge < -0.3 is 14.7 Å². The van der Waals surface area contributed by atoms with Gasteiger partial charge in [-0.15, -0.1) is 5.10 Å². The summed E-state index contributed by atoms with van der Waals surface area (Å²) in [6, 6.07) is 3.94. The monoisotopic (exact) mass is 384 g/mol. The van der Waals surface area contributed by atoms with Gasteiger partial charge in [-0.1, -0.05) is 13.8 Å². The molecule has 2 saturated heterocycles. The van der Waals surface area contributed by atoms with Crippen LogP contribution in [0.1, 0.15) is 26.7 Å². The third-order valence-corrected chi connectivity index (χ3v) is 5.59.